The minimum atomic E-state index is -0.826. The normalized spacial score (nSPS) is 9.00. The molecule has 0 saturated carbocycles. The summed E-state index contributed by atoms with van der Waals surface area (Å²) < 4.78 is 0. The summed E-state index contributed by atoms with van der Waals surface area (Å²) in [6, 6.07) is 9.13. The predicted octanol–water partition coefficient (Wildman–Crippen LogP) is 3.32. The second-order valence-corrected chi connectivity index (χ2v) is 6.16. The van der Waals surface area contributed by atoms with E-state index in [0.29, 0.717) is 5.52 Å². The topological polar surface area (TPSA) is 33.1 Å². The third-order valence-corrected chi connectivity index (χ3v) is 1.61. The number of hydrogen-bond acceptors (Lipinski definition) is 2. The number of aromatic nitrogens is 1. The Morgan fingerprint density at radius 2 is 1.79 bits per heavy atom. The quantitative estimate of drug-likeness (QED) is 0.810. The minimum absolute atomic E-state index is 0.239. The summed E-state index contributed by atoms with van der Waals surface area (Å²) in [5.41, 5.74) is 0.662. The first-order valence-corrected chi connectivity index (χ1v) is 10.1. The molecule has 0 atom stereocenters. The fraction of sp³-hybridized carbons (Fsp3) is 0. The Hall–Kier alpha value is -0.107. The number of hydrogen-bond donors (Lipinski definition) is 1. The Morgan fingerprint density at radius 1 is 1.14 bits per heavy atom. The van der Waals surface area contributed by atoms with Crippen molar-refractivity contribution >= 4 is 27.9 Å². The molecule has 1 N–H and O–H groups in total. The number of phenols is 1. The summed E-state index contributed by atoms with van der Waals surface area (Å²) in [4.78, 5) is 4.03. The Kier molecular flexibility index (Phi) is 5.46. The van der Waals surface area contributed by atoms with E-state index in [1.54, 1.807) is 18.3 Å². The van der Waals surface area contributed by atoms with Crippen molar-refractivity contribution in [2.45, 2.75) is 0 Å². The summed E-state index contributed by atoms with van der Waals surface area (Å²) in [6.07, 6.45) is 1.67. The molecule has 5 heteroatoms. The molecule has 0 saturated heterocycles. The van der Waals surface area contributed by atoms with Crippen LogP contribution < -0.4 is 0 Å². The number of nitrogens with zero attached hydrogens (tertiary/aromatic N) is 1. The molecule has 0 fully saturated rings. The molecule has 2 nitrogen and oxygen atoms in total. The third-order valence-electron chi connectivity index (χ3n) is 1.61. The number of rotatable bonds is 0. The molecule has 0 radical (unpaired) electrons. The van der Waals surface area contributed by atoms with Crippen molar-refractivity contribution in [2.24, 2.45) is 0 Å². The van der Waals surface area contributed by atoms with Crippen LogP contribution in [0.25, 0.3) is 10.9 Å². The standard InChI is InChI=1S/C9H7NO.2ClH.Zr/c11-8-5-1-3-7-4-2-6-10-9(7)8;;;/h1-6,11H;2*1H;/q;;;+2/p-2. The monoisotopic (exact) mass is 305 g/mol. The molecule has 1 heterocycles. The van der Waals surface area contributed by atoms with Crippen molar-refractivity contribution in [1.82, 2.24) is 4.98 Å². The molecule has 0 aliphatic rings. The molecule has 2 aromatic rings. The van der Waals surface area contributed by atoms with Crippen LogP contribution in [0.4, 0.5) is 0 Å². The van der Waals surface area contributed by atoms with E-state index in [2.05, 4.69) is 4.98 Å². The Bertz CT molecular complexity index is 405. The number of benzene rings is 1. The molecule has 0 unspecified atom stereocenters. The van der Waals surface area contributed by atoms with Gasteiger partial charge >= 0.3 is 37.9 Å². The summed E-state index contributed by atoms with van der Waals surface area (Å²) >= 11 is -0.826. The maximum absolute atomic E-state index is 9.31. The molecular weight excluding hydrogens is 300 g/mol. The van der Waals surface area contributed by atoms with Crippen LogP contribution in [0.5, 0.6) is 5.75 Å². The predicted molar refractivity (Wildman–Crippen MR) is 55.1 cm³/mol. The Balaban J connectivity index is 0.000000293. The molecule has 14 heavy (non-hydrogen) atoms. The fourth-order valence-corrected chi connectivity index (χ4v) is 1.09. The van der Waals surface area contributed by atoms with E-state index >= 15 is 0 Å². The van der Waals surface area contributed by atoms with Crippen molar-refractivity contribution < 1.29 is 26.0 Å². The first-order valence-electron chi connectivity index (χ1n) is 3.78. The number of fused-ring (bicyclic) bond motifs is 1. The van der Waals surface area contributed by atoms with Crippen LogP contribution in [0.3, 0.4) is 0 Å². The van der Waals surface area contributed by atoms with Crippen molar-refractivity contribution in [3.05, 3.63) is 36.5 Å². The van der Waals surface area contributed by atoms with E-state index in [1.807, 2.05) is 18.2 Å². The van der Waals surface area contributed by atoms with Crippen LogP contribution >= 0.6 is 17.0 Å². The molecular formula is C9H7Cl2NOZr. The average molecular weight is 307 g/mol. The summed E-state index contributed by atoms with van der Waals surface area (Å²) in [7, 11) is 9.87. The second-order valence-electron chi connectivity index (χ2n) is 2.42. The van der Waals surface area contributed by atoms with Gasteiger partial charge in [-0.2, -0.15) is 0 Å². The van der Waals surface area contributed by atoms with Gasteiger partial charge in [0.1, 0.15) is 11.3 Å². The van der Waals surface area contributed by atoms with Gasteiger partial charge in [0.25, 0.3) is 0 Å². The fourth-order valence-electron chi connectivity index (χ4n) is 1.09. The van der Waals surface area contributed by atoms with Gasteiger partial charge in [-0.05, 0) is 12.1 Å². The molecule has 0 aliphatic heterocycles. The third kappa shape index (κ3) is 3.23. The van der Waals surface area contributed by atoms with Crippen LogP contribution in [0, 0.1) is 0 Å². The van der Waals surface area contributed by atoms with Crippen molar-refractivity contribution in [3.63, 3.8) is 0 Å². The van der Waals surface area contributed by atoms with Gasteiger partial charge in [-0.3, -0.25) is 4.98 Å². The van der Waals surface area contributed by atoms with Gasteiger partial charge < -0.3 is 5.11 Å². The Morgan fingerprint density at radius 3 is 2.43 bits per heavy atom. The van der Waals surface area contributed by atoms with Gasteiger partial charge in [0.2, 0.25) is 0 Å². The van der Waals surface area contributed by atoms with Crippen LogP contribution in [-0.2, 0) is 20.8 Å². The van der Waals surface area contributed by atoms with E-state index in [1.165, 1.54) is 0 Å². The van der Waals surface area contributed by atoms with Crippen molar-refractivity contribution in [3.8, 4) is 5.75 Å². The molecule has 0 aliphatic carbocycles. The molecule has 1 aromatic heterocycles. The Labute approximate surface area is 101 Å². The maximum atomic E-state index is 9.31. The van der Waals surface area contributed by atoms with Crippen molar-refractivity contribution in [1.29, 1.82) is 0 Å². The van der Waals surface area contributed by atoms with Crippen LogP contribution in [-0.4, -0.2) is 10.1 Å². The van der Waals surface area contributed by atoms with Gasteiger partial charge in [-0.1, -0.05) is 18.2 Å². The zero-order chi connectivity index (χ0) is 10.4. The van der Waals surface area contributed by atoms with Gasteiger partial charge in [0, 0.05) is 11.6 Å². The van der Waals surface area contributed by atoms with Crippen LogP contribution in [0.15, 0.2) is 36.5 Å². The SMILES string of the molecule is Oc1cccc2cccnc12.[Cl][Zr][Cl]. The second kappa shape index (κ2) is 6.39. The first-order chi connectivity index (χ1) is 6.79. The van der Waals surface area contributed by atoms with Gasteiger partial charge in [-0.25, -0.2) is 0 Å². The van der Waals surface area contributed by atoms with Crippen LogP contribution in [0.1, 0.15) is 0 Å². The first kappa shape index (κ1) is 12.0. The van der Waals surface area contributed by atoms with E-state index in [9.17, 15) is 5.11 Å². The number of halogens is 2. The number of phenolic OH excluding ortho intramolecular Hbond substituents is 1. The van der Waals surface area contributed by atoms with E-state index in [-0.39, 0.29) is 5.75 Å². The zero-order valence-corrected chi connectivity index (χ0v) is 11.1. The molecule has 0 spiro atoms. The van der Waals surface area contributed by atoms with Gasteiger partial charge in [-0.15, -0.1) is 0 Å². The van der Waals surface area contributed by atoms with E-state index in [4.69, 9.17) is 17.0 Å². The molecule has 72 valence electrons. The summed E-state index contributed by atoms with van der Waals surface area (Å²) in [5.74, 6) is 0.239. The van der Waals surface area contributed by atoms with E-state index < -0.39 is 20.8 Å². The number of para-hydroxylation sites is 1. The van der Waals surface area contributed by atoms with E-state index in [0.717, 1.165) is 5.39 Å². The van der Waals surface area contributed by atoms with Crippen LogP contribution in [0.2, 0.25) is 0 Å². The molecule has 0 amide bonds. The zero-order valence-electron chi connectivity index (χ0n) is 7.11. The summed E-state index contributed by atoms with van der Waals surface area (Å²) in [6.45, 7) is 0. The van der Waals surface area contributed by atoms with Gasteiger partial charge in [0.05, 0.1) is 0 Å². The average Bonchev–Trinajstić information content (AvgIpc) is 2.20. The summed E-state index contributed by atoms with van der Waals surface area (Å²) in [5, 5.41) is 10.3. The van der Waals surface area contributed by atoms with Crippen molar-refractivity contribution in [2.75, 3.05) is 0 Å². The van der Waals surface area contributed by atoms with Gasteiger partial charge in [0.15, 0.2) is 0 Å². The molecule has 1 aromatic carbocycles. The molecule has 2 rings (SSSR count). The molecule has 0 bridgehead atoms. The number of aromatic hydroxyl groups is 1. The number of pyridine rings is 1.